The first-order chi connectivity index (χ1) is 9.58. The number of hydrogen-bond acceptors (Lipinski definition) is 4. The summed E-state index contributed by atoms with van der Waals surface area (Å²) in [6, 6.07) is 4.26. The van der Waals surface area contributed by atoms with Crippen molar-refractivity contribution in [3.05, 3.63) is 23.8 Å². The van der Waals surface area contributed by atoms with Crippen molar-refractivity contribution in [3.8, 4) is 5.75 Å². The van der Waals surface area contributed by atoms with Gasteiger partial charge in [-0.15, -0.1) is 0 Å². The van der Waals surface area contributed by atoms with Crippen LogP contribution in [0, 0.1) is 0 Å². The molecule has 1 aromatic carbocycles. The summed E-state index contributed by atoms with van der Waals surface area (Å²) in [4.78, 5) is 22.8. The molecule has 0 atom stereocenters. The maximum atomic E-state index is 11.6. The third-order valence-corrected chi connectivity index (χ3v) is 2.46. The number of hydrogen-bond donors (Lipinski definition) is 3. The van der Waals surface area contributed by atoms with Crippen LogP contribution in [0.15, 0.2) is 18.2 Å². The molecular weight excluding hydrogens is 262 g/mol. The Morgan fingerprint density at radius 3 is 2.70 bits per heavy atom. The molecule has 20 heavy (non-hydrogen) atoms. The van der Waals surface area contributed by atoms with Crippen molar-refractivity contribution in [3.63, 3.8) is 0 Å². The fourth-order valence-corrected chi connectivity index (χ4v) is 1.53. The minimum Gasteiger partial charge on any atom is -0.496 e. The number of nitrogens with two attached hydrogens (primary N) is 1. The second kappa shape index (κ2) is 8.00. The maximum absolute atomic E-state index is 11.6. The number of benzene rings is 1. The molecule has 0 heterocycles. The zero-order chi connectivity index (χ0) is 15.0. The number of amides is 3. The van der Waals surface area contributed by atoms with Gasteiger partial charge in [0.15, 0.2) is 0 Å². The minimum absolute atomic E-state index is 0.208. The maximum Gasteiger partial charge on any atom is 0.319 e. The van der Waals surface area contributed by atoms with Gasteiger partial charge in [0.1, 0.15) is 5.75 Å². The number of anilines is 1. The molecule has 0 aromatic heterocycles. The average Bonchev–Trinajstić information content (AvgIpc) is 2.43. The molecule has 7 nitrogen and oxygen atoms in total. The lowest BCUT2D eigenvalue weighted by Crippen LogP contribution is -2.31. The summed E-state index contributed by atoms with van der Waals surface area (Å²) in [6.07, 6.45) is 0. The quantitative estimate of drug-likeness (QED) is 0.647. The zero-order valence-electron chi connectivity index (χ0n) is 11.6. The second-order valence-electron chi connectivity index (χ2n) is 3.86. The minimum atomic E-state index is -0.623. The number of urea groups is 1. The Kier molecular flexibility index (Phi) is 6.31. The molecule has 3 amide bonds. The SMILES string of the molecule is CCOCCNC(=O)Nc1ccc(OC)c(C(N)=O)c1. The Morgan fingerprint density at radius 2 is 2.10 bits per heavy atom. The highest BCUT2D eigenvalue weighted by atomic mass is 16.5. The summed E-state index contributed by atoms with van der Waals surface area (Å²) in [5.41, 5.74) is 5.90. The van der Waals surface area contributed by atoms with Crippen LogP contribution in [-0.4, -0.2) is 38.8 Å². The van der Waals surface area contributed by atoms with Gasteiger partial charge in [0.2, 0.25) is 0 Å². The van der Waals surface area contributed by atoms with Gasteiger partial charge in [0.05, 0.1) is 19.3 Å². The van der Waals surface area contributed by atoms with Crippen molar-refractivity contribution in [2.45, 2.75) is 6.92 Å². The van der Waals surface area contributed by atoms with Crippen molar-refractivity contribution in [2.75, 3.05) is 32.2 Å². The molecule has 0 aliphatic carbocycles. The smallest absolute Gasteiger partial charge is 0.319 e. The van der Waals surface area contributed by atoms with Gasteiger partial charge in [-0.05, 0) is 25.1 Å². The summed E-state index contributed by atoms with van der Waals surface area (Å²) in [6.45, 7) is 3.32. The molecule has 0 aliphatic rings. The normalized spacial score (nSPS) is 9.90. The standard InChI is InChI=1S/C13H19N3O4/c1-3-20-7-6-15-13(18)16-9-4-5-11(19-2)10(8-9)12(14)17/h4-5,8H,3,6-7H2,1-2H3,(H2,14,17)(H2,15,16,18). The summed E-state index contributed by atoms with van der Waals surface area (Å²) in [5.74, 6) is -0.262. The highest BCUT2D eigenvalue weighted by Crippen LogP contribution is 2.21. The topological polar surface area (TPSA) is 103 Å². The number of rotatable bonds is 7. The zero-order valence-corrected chi connectivity index (χ0v) is 11.6. The molecule has 0 fully saturated rings. The first-order valence-corrected chi connectivity index (χ1v) is 6.19. The summed E-state index contributed by atoms with van der Waals surface area (Å²) in [5, 5.41) is 5.22. The van der Waals surface area contributed by atoms with E-state index in [4.69, 9.17) is 15.2 Å². The van der Waals surface area contributed by atoms with Gasteiger partial charge < -0.3 is 25.8 Å². The van der Waals surface area contributed by atoms with E-state index < -0.39 is 5.91 Å². The van der Waals surface area contributed by atoms with Crippen molar-refractivity contribution >= 4 is 17.6 Å². The molecule has 0 saturated heterocycles. The van der Waals surface area contributed by atoms with Crippen LogP contribution >= 0.6 is 0 Å². The molecule has 110 valence electrons. The summed E-state index contributed by atoms with van der Waals surface area (Å²) < 4.78 is 10.1. The molecule has 4 N–H and O–H groups in total. The molecular formula is C13H19N3O4. The molecule has 0 bridgehead atoms. The third kappa shape index (κ3) is 4.77. The Labute approximate surface area is 117 Å². The Bertz CT molecular complexity index is 477. The van der Waals surface area contributed by atoms with E-state index >= 15 is 0 Å². The van der Waals surface area contributed by atoms with E-state index in [9.17, 15) is 9.59 Å². The van der Waals surface area contributed by atoms with Crippen LogP contribution in [0.5, 0.6) is 5.75 Å². The lowest BCUT2D eigenvalue weighted by atomic mass is 10.1. The van der Waals surface area contributed by atoms with E-state index in [0.717, 1.165) is 0 Å². The van der Waals surface area contributed by atoms with Crippen LogP contribution in [-0.2, 0) is 4.74 Å². The Morgan fingerprint density at radius 1 is 1.35 bits per heavy atom. The number of methoxy groups -OCH3 is 1. The predicted molar refractivity (Wildman–Crippen MR) is 75.0 cm³/mol. The van der Waals surface area contributed by atoms with Gasteiger partial charge in [-0.25, -0.2) is 4.79 Å². The third-order valence-electron chi connectivity index (χ3n) is 2.46. The van der Waals surface area contributed by atoms with Crippen LogP contribution in [0.1, 0.15) is 17.3 Å². The van der Waals surface area contributed by atoms with E-state index in [0.29, 0.717) is 31.2 Å². The van der Waals surface area contributed by atoms with Crippen LogP contribution in [0.4, 0.5) is 10.5 Å². The van der Waals surface area contributed by atoms with Gasteiger partial charge >= 0.3 is 6.03 Å². The van der Waals surface area contributed by atoms with Crippen molar-refractivity contribution in [1.29, 1.82) is 0 Å². The van der Waals surface area contributed by atoms with Gasteiger partial charge in [-0.3, -0.25) is 4.79 Å². The highest BCUT2D eigenvalue weighted by molar-refractivity contribution is 5.98. The van der Waals surface area contributed by atoms with Gasteiger partial charge in [-0.2, -0.15) is 0 Å². The van der Waals surface area contributed by atoms with Crippen LogP contribution < -0.4 is 21.1 Å². The van der Waals surface area contributed by atoms with Gasteiger partial charge in [0, 0.05) is 18.8 Å². The average molecular weight is 281 g/mol. The Balaban J connectivity index is 2.61. The molecule has 0 radical (unpaired) electrons. The monoisotopic (exact) mass is 281 g/mol. The summed E-state index contributed by atoms with van der Waals surface area (Å²) in [7, 11) is 1.44. The van der Waals surface area contributed by atoms with Crippen molar-refractivity contribution in [1.82, 2.24) is 5.32 Å². The molecule has 7 heteroatoms. The number of primary amides is 1. The van der Waals surface area contributed by atoms with Crippen molar-refractivity contribution < 1.29 is 19.1 Å². The first kappa shape index (κ1) is 15.8. The summed E-state index contributed by atoms with van der Waals surface area (Å²) >= 11 is 0. The number of nitrogens with one attached hydrogen (secondary N) is 2. The van der Waals surface area contributed by atoms with Crippen LogP contribution in [0.25, 0.3) is 0 Å². The van der Waals surface area contributed by atoms with Crippen molar-refractivity contribution in [2.24, 2.45) is 5.73 Å². The lowest BCUT2D eigenvalue weighted by Gasteiger charge is -2.10. The van der Waals surface area contributed by atoms with E-state index in [1.165, 1.54) is 13.2 Å². The molecule has 0 unspecified atom stereocenters. The molecule has 0 aliphatic heterocycles. The van der Waals surface area contributed by atoms with Crippen LogP contribution in [0.3, 0.4) is 0 Å². The Hall–Kier alpha value is -2.28. The van der Waals surface area contributed by atoms with Crippen LogP contribution in [0.2, 0.25) is 0 Å². The van der Waals surface area contributed by atoms with Gasteiger partial charge in [0.25, 0.3) is 5.91 Å². The number of carbonyl (C=O) groups excluding carboxylic acids is 2. The molecule has 0 saturated carbocycles. The fraction of sp³-hybridized carbons (Fsp3) is 0.385. The first-order valence-electron chi connectivity index (χ1n) is 6.19. The molecule has 1 rings (SSSR count). The fourth-order valence-electron chi connectivity index (χ4n) is 1.53. The number of carbonyl (C=O) groups is 2. The van der Waals surface area contributed by atoms with E-state index in [-0.39, 0.29) is 11.6 Å². The number of ether oxygens (including phenoxy) is 2. The van der Waals surface area contributed by atoms with Gasteiger partial charge in [-0.1, -0.05) is 0 Å². The molecule has 1 aromatic rings. The second-order valence-corrected chi connectivity index (χ2v) is 3.86. The lowest BCUT2D eigenvalue weighted by molar-refractivity contribution is 0.0997. The predicted octanol–water partition coefficient (Wildman–Crippen LogP) is 0.952. The van der Waals surface area contributed by atoms with E-state index in [1.807, 2.05) is 6.92 Å². The molecule has 0 spiro atoms. The van der Waals surface area contributed by atoms with E-state index in [1.54, 1.807) is 12.1 Å². The largest absolute Gasteiger partial charge is 0.496 e. The van der Waals surface area contributed by atoms with E-state index in [2.05, 4.69) is 10.6 Å². The highest BCUT2D eigenvalue weighted by Gasteiger charge is 2.10.